The minimum absolute atomic E-state index is 0.193. The zero-order chi connectivity index (χ0) is 19.4. The maximum Gasteiger partial charge on any atom is 0.259 e. The Hall–Kier alpha value is -2.77. The van der Waals surface area contributed by atoms with Crippen LogP contribution in [0.3, 0.4) is 0 Å². The van der Waals surface area contributed by atoms with E-state index in [1.54, 1.807) is 55.6 Å². The number of carbonyl (C=O) groups is 1. The maximum absolute atomic E-state index is 12.7. The number of aliphatic hydroxyl groups is 1. The lowest BCUT2D eigenvalue weighted by Crippen LogP contribution is -2.13. The van der Waals surface area contributed by atoms with Crippen molar-refractivity contribution in [1.29, 1.82) is 0 Å². The van der Waals surface area contributed by atoms with E-state index < -0.39 is 0 Å². The lowest BCUT2D eigenvalue weighted by atomic mass is 10.1. The van der Waals surface area contributed by atoms with Crippen LogP contribution in [0.5, 0.6) is 11.5 Å². The fourth-order valence-corrected chi connectivity index (χ4v) is 3.00. The van der Waals surface area contributed by atoms with E-state index >= 15 is 0 Å². The van der Waals surface area contributed by atoms with E-state index in [2.05, 4.69) is 21.2 Å². The van der Waals surface area contributed by atoms with Gasteiger partial charge in [-0.1, -0.05) is 15.9 Å². The lowest BCUT2D eigenvalue weighted by Gasteiger charge is -2.12. The largest absolute Gasteiger partial charge is 0.496 e. The van der Waals surface area contributed by atoms with E-state index in [-0.39, 0.29) is 12.5 Å². The smallest absolute Gasteiger partial charge is 0.259 e. The summed E-state index contributed by atoms with van der Waals surface area (Å²) in [5.41, 5.74) is 1.64. The van der Waals surface area contributed by atoms with Gasteiger partial charge in [-0.05, 0) is 48.5 Å². The third-order valence-electron chi connectivity index (χ3n) is 3.95. The average Bonchev–Trinajstić information content (AvgIpc) is 3.17. The van der Waals surface area contributed by atoms with Gasteiger partial charge in [0.15, 0.2) is 0 Å². The summed E-state index contributed by atoms with van der Waals surface area (Å²) in [6, 6.07) is 13.9. The van der Waals surface area contributed by atoms with Gasteiger partial charge < -0.3 is 24.3 Å². The van der Waals surface area contributed by atoms with E-state index in [9.17, 15) is 9.90 Å². The van der Waals surface area contributed by atoms with Crippen LogP contribution in [0.15, 0.2) is 57.4 Å². The first-order chi connectivity index (χ1) is 13.0. The van der Waals surface area contributed by atoms with E-state index in [0.717, 1.165) is 4.47 Å². The van der Waals surface area contributed by atoms with Gasteiger partial charge in [-0.3, -0.25) is 4.79 Å². The van der Waals surface area contributed by atoms with Gasteiger partial charge in [0.05, 0.1) is 25.3 Å². The molecule has 1 aromatic heterocycles. The second kappa shape index (κ2) is 8.28. The van der Waals surface area contributed by atoms with Gasteiger partial charge in [0.2, 0.25) is 0 Å². The molecule has 3 aromatic rings. The molecule has 0 aliphatic rings. The summed E-state index contributed by atoms with van der Waals surface area (Å²) in [6.45, 7) is -0.193. The number of anilines is 1. The molecule has 0 spiro atoms. The average molecular weight is 432 g/mol. The third-order valence-corrected chi connectivity index (χ3v) is 4.44. The standard InChI is InChI=1S/C20H18BrNO5/c1-25-17-7-4-13(10-15(17)19-8-5-14(11-23)27-19)22-20(24)16-9-12(21)3-6-18(16)26-2/h3-10,23H,11H2,1-2H3,(H,22,24). The maximum atomic E-state index is 12.7. The molecule has 7 heteroatoms. The van der Waals surface area contributed by atoms with Gasteiger partial charge >= 0.3 is 0 Å². The highest BCUT2D eigenvalue weighted by Crippen LogP contribution is 2.34. The summed E-state index contributed by atoms with van der Waals surface area (Å²) in [4.78, 5) is 12.7. The summed E-state index contributed by atoms with van der Waals surface area (Å²) < 4.78 is 17.0. The number of ether oxygens (including phenoxy) is 2. The number of benzene rings is 2. The quantitative estimate of drug-likeness (QED) is 0.601. The van der Waals surface area contributed by atoms with Crippen molar-refractivity contribution in [2.24, 2.45) is 0 Å². The van der Waals surface area contributed by atoms with Crippen molar-refractivity contribution in [3.63, 3.8) is 0 Å². The minimum Gasteiger partial charge on any atom is -0.496 e. The molecule has 0 bridgehead atoms. The lowest BCUT2D eigenvalue weighted by molar-refractivity contribution is 0.102. The van der Waals surface area contributed by atoms with Crippen LogP contribution in [0.2, 0.25) is 0 Å². The van der Waals surface area contributed by atoms with Crippen LogP contribution in [-0.2, 0) is 6.61 Å². The van der Waals surface area contributed by atoms with E-state index in [1.165, 1.54) is 7.11 Å². The zero-order valence-corrected chi connectivity index (χ0v) is 16.4. The predicted molar refractivity (Wildman–Crippen MR) is 105 cm³/mol. The molecule has 0 aliphatic carbocycles. The Morgan fingerprint density at radius 2 is 1.81 bits per heavy atom. The van der Waals surface area contributed by atoms with Crippen LogP contribution >= 0.6 is 15.9 Å². The minimum atomic E-state index is -0.306. The Kier molecular flexibility index (Phi) is 5.83. The van der Waals surface area contributed by atoms with Crippen molar-refractivity contribution < 1.29 is 23.8 Å². The Morgan fingerprint density at radius 1 is 1.07 bits per heavy atom. The fourth-order valence-electron chi connectivity index (χ4n) is 2.64. The number of nitrogens with one attached hydrogen (secondary N) is 1. The first-order valence-corrected chi connectivity index (χ1v) is 8.88. The van der Waals surface area contributed by atoms with E-state index in [4.69, 9.17) is 13.9 Å². The van der Waals surface area contributed by atoms with Crippen LogP contribution in [0.1, 0.15) is 16.1 Å². The summed E-state index contributed by atoms with van der Waals surface area (Å²) in [5.74, 6) is 1.74. The van der Waals surface area contributed by atoms with Crippen LogP contribution in [-0.4, -0.2) is 25.2 Å². The van der Waals surface area contributed by atoms with Crippen LogP contribution in [0.25, 0.3) is 11.3 Å². The summed E-state index contributed by atoms with van der Waals surface area (Å²) in [6.07, 6.45) is 0. The molecule has 27 heavy (non-hydrogen) atoms. The highest BCUT2D eigenvalue weighted by Gasteiger charge is 2.16. The highest BCUT2D eigenvalue weighted by atomic mass is 79.9. The van der Waals surface area contributed by atoms with Gasteiger partial charge in [-0.15, -0.1) is 0 Å². The monoisotopic (exact) mass is 431 g/mol. The molecule has 1 heterocycles. The van der Waals surface area contributed by atoms with Gasteiger partial charge in [-0.2, -0.15) is 0 Å². The molecule has 1 amide bonds. The summed E-state index contributed by atoms with van der Waals surface area (Å²) in [7, 11) is 3.07. The highest BCUT2D eigenvalue weighted by molar-refractivity contribution is 9.10. The first-order valence-electron chi connectivity index (χ1n) is 8.08. The fraction of sp³-hybridized carbons (Fsp3) is 0.150. The number of carbonyl (C=O) groups excluding carboxylic acids is 1. The number of amides is 1. The van der Waals surface area contributed by atoms with E-state index in [1.807, 2.05) is 0 Å². The van der Waals surface area contributed by atoms with Crippen LogP contribution < -0.4 is 14.8 Å². The molecular weight excluding hydrogens is 414 g/mol. The summed E-state index contributed by atoms with van der Waals surface area (Å²) >= 11 is 3.36. The summed E-state index contributed by atoms with van der Waals surface area (Å²) in [5, 5.41) is 12.1. The molecule has 0 fully saturated rings. The Bertz CT molecular complexity index is 967. The Labute approximate surface area is 164 Å². The van der Waals surface area contributed by atoms with Gasteiger partial charge in [-0.25, -0.2) is 0 Å². The second-order valence-electron chi connectivity index (χ2n) is 5.64. The van der Waals surface area contributed by atoms with Crippen molar-refractivity contribution in [2.45, 2.75) is 6.61 Å². The molecule has 6 nitrogen and oxygen atoms in total. The number of hydrogen-bond donors (Lipinski definition) is 2. The predicted octanol–water partition coefficient (Wildman–Crippen LogP) is 4.47. The van der Waals surface area contributed by atoms with Gasteiger partial charge in [0.1, 0.15) is 29.6 Å². The van der Waals surface area contributed by atoms with Crippen molar-refractivity contribution in [2.75, 3.05) is 19.5 Å². The topological polar surface area (TPSA) is 80.9 Å². The van der Waals surface area contributed by atoms with Crippen molar-refractivity contribution >= 4 is 27.5 Å². The SMILES string of the molecule is COc1ccc(Br)cc1C(=O)Nc1ccc(OC)c(-c2ccc(CO)o2)c1. The van der Waals surface area contributed by atoms with Gasteiger partial charge in [0.25, 0.3) is 5.91 Å². The molecular formula is C20H18BrNO5. The van der Waals surface area contributed by atoms with E-state index in [0.29, 0.717) is 39.8 Å². The number of methoxy groups -OCH3 is 2. The molecule has 0 saturated heterocycles. The molecule has 0 atom stereocenters. The first kappa shape index (κ1) is 19.0. The number of aliphatic hydroxyl groups excluding tert-OH is 1. The molecule has 140 valence electrons. The van der Waals surface area contributed by atoms with Gasteiger partial charge in [0, 0.05) is 10.2 Å². The molecule has 3 rings (SSSR count). The molecule has 2 aromatic carbocycles. The number of hydrogen-bond acceptors (Lipinski definition) is 5. The molecule has 2 N–H and O–H groups in total. The molecule has 0 unspecified atom stereocenters. The second-order valence-corrected chi connectivity index (χ2v) is 6.55. The molecule has 0 saturated carbocycles. The number of rotatable bonds is 6. The molecule has 0 aliphatic heterocycles. The molecule has 0 radical (unpaired) electrons. The van der Waals surface area contributed by atoms with Crippen LogP contribution in [0.4, 0.5) is 5.69 Å². The Balaban J connectivity index is 1.93. The zero-order valence-electron chi connectivity index (χ0n) is 14.8. The van der Waals surface area contributed by atoms with Crippen molar-refractivity contribution in [3.05, 3.63) is 64.3 Å². The van der Waals surface area contributed by atoms with Crippen molar-refractivity contribution in [3.8, 4) is 22.8 Å². The van der Waals surface area contributed by atoms with Crippen molar-refractivity contribution in [1.82, 2.24) is 0 Å². The Morgan fingerprint density at radius 3 is 2.48 bits per heavy atom. The van der Waals surface area contributed by atoms with Crippen LogP contribution in [0, 0.1) is 0 Å². The number of halogens is 1. The number of furan rings is 1. The normalized spacial score (nSPS) is 10.5. The third kappa shape index (κ3) is 4.15.